The van der Waals surface area contributed by atoms with E-state index in [1.54, 1.807) is 0 Å². The molecule has 1 heterocycles. The molecule has 74 valence electrons. The summed E-state index contributed by atoms with van der Waals surface area (Å²) in [6, 6.07) is 0.759. The molecule has 0 spiro atoms. The van der Waals surface area contributed by atoms with Gasteiger partial charge in [0.25, 0.3) is 0 Å². The zero-order chi connectivity index (χ0) is 9.56. The van der Waals surface area contributed by atoms with E-state index in [2.05, 4.69) is 39.5 Å². The second-order valence-corrected chi connectivity index (χ2v) is 4.19. The molecule has 1 fully saturated rings. The second-order valence-electron chi connectivity index (χ2n) is 4.19. The highest BCUT2D eigenvalue weighted by atomic mass is 15.2. The maximum Gasteiger partial charge on any atom is 0.00387 e. The van der Waals surface area contributed by atoms with Crippen LogP contribution in [0.3, 0.4) is 0 Å². The molecular formula is C11H25N. The molecule has 0 saturated carbocycles. The summed E-state index contributed by atoms with van der Waals surface area (Å²) in [4.78, 5) is 2.55. The molecule has 0 aliphatic carbocycles. The largest absolute Gasteiger partial charge is 0.301 e. The summed E-state index contributed by atoms with van der Waals surface area (Å²) in [5.41, 5.74) is 0. The van der Waals surface area contributed by atoms with Gasteiger partial charge in [-0.15, -0.1) is 0 Å². The number of rotatable bonds is 1. The van der Waals surface area contributed by atoms with Crippen LogP contribution in [0.15, 0.2) is 0 Å². The molecule has 1 atom stereocenters. The molecule has 1 saturated heterocycles. The average Bonchev–Trinajstić information content (AvgIpc) is 2.37. The first kappa shape index (κ1) is 12.0. The summed E-state index contributed by atoms with van der Waals surface area (Å²) in [5, 5.41) is 0. The third-order valence-electron chi connectivity index (χ3n) is 2.19. The van der Waals surface area contributed by atoms with Crippen molar-refractivity contribution in [1.29, 1.82) is 0 Å². The quantitative estimate of drug-likeness (QED) is 0.586. The Labute approximate surface area is 78.1 Å². The van der Waals surface area contributed by atoms with Gasteiger partial charge in [-0.3, -0.25) is 0 Å². The molecule has 1 unspecified atom stereocenters. The standard InChI is InChI=1S/C8H17N.C3H8/c1-7(2)9-5-4-8(3)6-9;1-3-2/h7-8H,4-6H2,1-3H3;3H2,1-2H3. The van der Waals surface area contributed by atoms with Crippen LogP contribution in [0.1, 0.15) is 47.5 Å². The summed E-state index contributed by atoms with van der Waals surface area (Å²) in [5.74, 6) is 0.937. The van der Waals surface area contributed by atoms with Crippen molar-refractivity contribution in [3.05, 3.63) is 0 Å². The van der Waals surface area contributed by atoms with Crippen molar-refractivity contribution in [2.45, 2.75) is 53.5 Å². The minimum atomic E-state index is 0.759. The van der Waals surface area contributed by atoms with Gasteiger partial charge in [-0.05, 0) is 32.7 Å². The molecule has 0 aromatic carbocycles. The van der Waals surface area contributed by atoms with Crippen LogP contribution in [-0.4, -0.2) is 24.0 Å². The van der Waals surface area contributed by atoms with Gasteiger partial charge in [0.15, 0.2) is 0 Å². The van der Waals surface area contributed by atoms with E-state index >= 15 is 0 Å². The van der Waals surface area contributed by atoms with E-state index in [9.17, 15) is 0 Å². The third kappa shape index (κ3) is 4.76. The van der Waals surface area contributed by atoms with E-state index in [0.29, 0.717) is 0 Å². The van der Waals surface area contributed by atoms with Gasteiger partial charge in [0, 0.05) is 12.6 Å². The van der Waals surface area contributed by atoms with Crippen LogP contribution >= 0.6 is 0 Å². The maximum absolute atomic E-state index is 2.55. The van der Waals surface area contributed by atoms with Gasteiger partial charge < -0.3 is 4.90 Å². The fraction of sp³-hybridized carbons (Fsp3) is 1.00. The van der Waals surface area contributed by atoms with Crippen LogP contribution in [0, 0.1) is 5.92 Å². The minimum Gasteiger partial charge on any atom is -0.301 e. The van der Waals surface area contributed by atoms with Gasteiger partial charge in [-0.2, -0.15) is 0 Å². The van der Waals surface area contributed by atoms with Gasteiger partial charge >= 0.3 is 0 Å². The van der Waals surface area contributed by atoms with E-state index < -0.39 is 0 Å². The van der Waals surface area contributed by atoms with Gasteiger partial charge in [-0.25, -0.2) is 0 Å². The molecule has 1 aliphatic heterocycles. The zero-order valence-electron chi connectivity index (χ0n) is 9.43. The molecule has 1 aliphatic rings. The Bertz CT molecular complexity index is 99.2. The van der Waals surface area contributed by atoms with Gasteiger partial charge in [-0.1, -0.05) is 27.2 Å². The molecule has 1 rings (SSSR count). The van der Waals surface area contributed by atoms with Crippen LogP contribution in [0.5, 0.6) is 0 Å². The fourth-order valence-corrected chi connectivity index (χ4v) is 1.44. The second kappa shape index (κ2) is 6.47. The molecule has 0 N–H and O–H groups in total. The Morgan fingerprint density at radius 2 is 1.83 bits per heavy atom. The first-order chi connectivity index (χ1) is 5.61. The van der Waals surface area contributed by atoms with Crippen molar-refractivity contribution >= 4 is 0 Å². The summed E-state index contributed by atoms with van der Waals surface area (Å²) in [6.45, 7) is 13.8. The zero-order valence-corrected chi connectivity index (χ0v) is 9.43. The highest BCUT2D eigenvalue weighted by Gasteiger charge is 2.19. The molecule has 12 heavy (non-hydrogen) atoms. The molecule has 0 amide bonds. The lowest BCUT2D eigenvalue weighted by atomic mass is 10.2. The minimum absolute atomic E-state index is 0.759. The van der Waals surface area contributed by atoms with E-state index in [1.807, 2.05) is 0 Å². The smallest absolute Gasteiger partial charge is 0.00387 e. The monoisotopic (exact) mass is 171 g/mol. The SMILES string of the molecule is CC1CCN(C(C)C)C1.CCC. The molecular weight excluding hydrogens is 146 g/mol. The summed E-state index contributed by atoms with van der Waals surface area (Å²) in [7, 11) is 0. The lowest BCUT2D eigenvalue weighted by Gasteiger charge is -2.19. The van der Waals surface area contributed by atoms with Crippen molar-refractivity contribution in [2.75, 3.05) is 13.1 Å². The van der Waals surface area contributed by atoms with Crippen molar-refractivity contribution in [3.8, 4) is 0 Å². The summed E-state index contributed by atoms with van der Waals surface area (Å²) < 4.78 is 0. The predicted molar refractivity (Wildman–Crippen MR) is 56.5 cm³/mol. The Morgan fingerprint density at radius 3 is 2.00 bits per heavy atom. The van der Waals surface area contributed by atoms with E-state index in [1.165, 1.54) is 25.9 Å². The summed E-state index contributed by atoms with van der Waals surface area (Å²) in [6.07, 6.45) is 2.65. The van der Waals surface area contributed by atoms with Gasteiger partial charge in [0.2, 0.25) is 0 Å². The Morgan fingerprint density at radius 1 is 1.33 bits per heavy atom. The molecule has 0 aromatic heterocycles. The predicted octanol–water partition coefficient (Wildman–Crippen LogP) is 3.15. The lowest BCUT2D eigenvalue weighted by Crippen LogP contribution is -2.27. The van der Waals surface area contributed by atoms with Crippen molar-refractivity contribution in [3.63, 3.8) is 0 Å². The Balaban J connectivity index is 0.000000354. The Kier molecular flexibility index (Phi) is 6.45. The molecule has 1 nitrogen and oxygen atoms in total. The fourth-order valence-electron chi connectivity index (χ4n) is 1.44. The van der Waals surface area contributed by atoms with Gasteiger partial charge in [0.1, 0.15) is 0 Å². The van der Waals surface area contributed by atoms with Crippen LogP contribution in [0.25, 0.3) is 0 Å². The molecule has 1 heteroatoms. The normalized spacial score (nSPS) is 24.0. The number of hydrogen-bond acceptors (Lipinski definition) is 1. The van der Waals surface area contributed by atoms with Crippen molar-refractivity contribution < 1.29 is 0 Å². The van der Waals surface area contributed by atoms with Crippen molar-refractivity contribution in [2.24, 2.45) is 5.92 Å². The topological polar surface area (TPSA) is 3.24 Å². The first-order valence-electron chi connectivity index (χ1n) is 5.35. The van der Waals surface area contributed by atoms with Crippen LogP contribution in [0.4, 0.5) is 0 Å². The Hall–Kier alpha value is -0.0400. The van der Waals surface area contributed by atoms with E-state index in [0.717, 1.165) is 12.0 Å². The van der Waals surface area contributed by atoms with E-state index in [-0.39, 0.29) is 0 Å². The van der Waals surface area contributed by atoms with E-state index in [4.69, 9.17) is 0 Å². The summed E-state index contributed by atoms with van der Waals surface area (Å²) >= 11 is 0. The molecule has 0 bridgehead atoms. The van der Waals surface area contributed by atoms with Crippen LogP contribution in [0.2, 0.25) is 0 Å². The average molecular weight is 171 g/mol. The highest BCUT2D eigenvalue weighted by Crippen LogP contribution is 2.16. The molecule has 0 radical (unpaired) electrons. The van der Waals surface area contributed by atoms with Crippen molar-refractivity contribution in [1.82, 2.24) is 4.90 Å². The number of likely N-dealkylation sites (tertiary alicyclic amines) is 1. The maximum atomic E-state index is 2.55. The number of nitrogens with zero attached hydrogens (tertiary/aromatic N) is 1. The highest BCUT2D eigenvalue weighted by molar-refractivity contribution is 4.74. The first-order valence-corrected chi connectivity index (χ1v) is 5.35. The van der Waals surface area contributed by atoms with Gasteiger partial charge in [0.05, 0.1) is 0 Å². The third-order valence-corrected chi connectivity index (χ3v) is 2.19. The number of hydrogen-bond donors (Lipinski definition) is 0. The van der Waals surface area contributed by atoms with Crippen LogP contribution in [-0.2, 0) is 0 Å². The lowest BCUT2D eigenvalue weighted by molar-refractivity contribution is 0.267. The van der Waals surface area contributed by atoms with Crippen LogP contribution < -0.4 is 0 Å². The molecule has 0 aromatic rings.